The SMILES string of the molecule is CN=C(NCc1cccc(NC(C)=O)c1)NC(C)CCS(C)(=O)=O.I. The van der Waals surface area contributed by atoms with E-state index >= 15 is 0 Å². The fourth-order valence-electron chi connectivity index (χ4n) is 2.04. The van der Waals surface area contributed by atoms with Gasteiger partial charge in [0.2, 0.25) is 5.91 Å². The zero-order valence-electron chi connectivity index (χ0n) is 15.0. The van der Waals surface area contributed by atoms with E-state index in [0.717, 1.165) is 11.3 Å². The van der Waals surface area contributed by atoms with Crippen molar-refractivity contribution in [2.45, 2.75) is 32.9 Å². The fraction of sp³-hybridized carbons (Fsp3) is 0.500. The number of nitrogens with zero attached hydrogens (tertiary/aromatic N) is 1. The molecule has 0 saturated carbocycles. The van der Waals surface area contributed by atoms with E-state index in [4.69, 9.17) is 0 Å². The zero-order valence-corrected chi connectivity index (χ0v) is 18.1. The second-order valence-electron chi connectivity index (χ2n) is 5.77. The molecule has 0 spiro atoms. The van der Waals surface area contributed by atoms with Gasteiger partial charge < -0.3 is 16.0 Å². The first-order valence-electron chi connectivity index (χ1n) is 7.71. The molecule has 0 fully saturated rings. The molecule has 0 heterocycles. The van der Waals surface area contributed by atoms with Gasteiger partial charge >= 0.3 is 0 Å². The first kappa shape index (κ1) is 23.6. The molecule has 1 aromatic carbocycles. The van der Waals surface area contributed by atoms with Crippen LogP contribution in [0.5, 0.6) is 0 Å². The van der Waals surface area contributed by atoms with Gasteiger partial charge in [0.25, 0.3) is 0 Å². The van der Waals surface area contributed by atoms with E-state index in [1.54, 1.807) is 7.05 Å². The molecule has 0 aliphatic carbocycles. The highest BCUT2D eigenvalue weighted by Gasteiger charge is 2.09. The molecule has 0 aliphatic rings. The van der Waals surface area contributed by atoms with Crippen molar-refractivity contribution in [1.29, 1.82) is 0 Å². The van der Waals surface area contributed by atoms with E-state index in [2.05, 4.69) is 20.9 Å². The van der Waals surface area contributed by atoms with Crippen LogP contribution < -0.4 is 16.0 Å². The summed E-state index contributed by atoms with van der Waals surface area (Å²) in [4.78, 5) is 15.2. The number of halogens is 1. The third kappa shape index (κ3) is 11.0. The Balaban J connectivity index is 0.00000576. The molecule has 0 bridgehead atoms. The summed E-state index contributed by atoms with van der Waals surface area (Å²) in [5.41, 5.74) is 1.74. The number of carbonyl (C=O) groups excluding carboxylic acids is 1. The number of hydrogen-bond donors (Lipinski definition) is 3. The number of benzene rings is 1. The van der Waals surface area contributed by atoms with Crippen molar-refractivity contribution in [3.8, 4) is 0 Å². The lowest BCUT2D eigenvalue weighted by molar-refractivity contribution is -0.114. The van der Waals surface area contributed by atoms with Gasteiger partial charge in [0.1, 0.15) is 9.84 Å². The van der Waals surface area contributed by atoms with E-state index in [1.807, 2.05) is 31.2 Å². The molecule has 1 unspecified atom stereocenters. The molecule has 1 atom stereocenters. The molecule has 3 N–H and O–H groups in total. The average Bonchev–Trinajstić information content (AvgIpc) is 2.48. The topological polar surface area (TPSA) is 99.7 Å². The molecule has 0 saturated heterocycles. The summed E-state index contributed by atoms with van der Waals surface area (Å²) in [5.74, 6) is 0.620. The molecule has 142 valence electrons. The zero-order chi connectivity index (χ0) is 18.2. The Kier molecular flexibility index (Phi) is 10.7. The first-order valence-corrected chi connectivity index (χ1v) is 9.77. The van der Waals surface area contributed by atoms with Crippen molar-refractivity contribution in [2.75, 3.05) is 24.4 Å². The maximum absolute atomic E-state index is 11.2. The lowest BCUT2D eigenvalue weighted by Gasteiger charge is -2.18. The van der Waals surface area contributed by atoms with Crippen LogP contribution in [-0.2, 0) is 21.2 Å². The van der Waals surface area contributed by atoms with Crippen LogP contribution in [0.15, 0.2) is 29.3 Å². The monoisotopic (exact) mass is 482 g/mol. The van der Waals surface area contributed by atoms with Crippen LogP contribution >= 0.6 is 24.0 Å². The summed E-state index contributed by atoms with van der Waals surface area (Å²) in [6.07, 6.45) is 1.74. The van der Waals surface area contributed by atoms with Gasteiger partial charge in [-0.2, -0.15) is 0 Å². The van der Waals surface area contributed by atoms with Gasteiger partial charge in [-0.3, -0.25) is 9.79 Å². The van der Waals surface area contributed by atoms with Crippen molar-refractivity contribution in [3.63, 3.8) is 0 Å². The number of sulfone groups is 1. The Morgan fingerprint density at radius 2 is 2.00 bits per heavy atom. The van der Waals surface area contributed by atoms with Crippen LogP contribution in [0.4, 0.5) is 5.69 Å². The number of amides is 1. The minimum atomic E-state index is -2.97. The van der Waals surface area contributed by atoms with Crippen LogP contribution in [0.2, 0.25) is 0 Å². The average molecular weight is 482 g/mol. The molecule has 1 aromatic rings. The Morgan fingerprint density at radius 3 is 2.56 bits per heavy atom. The maximum Gasteiger partial charge on any atom is 0.221 e. The van der Waals surface area contributed by atoms with Gasteiger partial charge in [0.05, 0.1) is 5.75 Å². The number of aliphatic imine (C=N–C) groups is 1. The van der Waals surface area contributed by atoms with E-state index in [0.29, 0.717) is 18.9 Å². The number of rotatable bonds is 7. The lowest BCUT2D eigenvalue weighted by atomic mass is 10.2. The number of hydrogen-bond acceptors (Lipinski definition) is 4. The minimum Gasteiger partial charge on any atom is -0.354 e. The van der Waals surface area contributed by atoms with E-state index in [1.165, 1.54) is 13.2 Å². The van der Waals surface area contributed by atoms with Gasteiger partial charge in [-0.25, -0.2) is 8.42 Å². The van der Waals surface area contributed by atoms with Gasteiger partial charge in [0, 0.05) is 38.5 Å². The summed E-state index contributed by atoms with van der Waals surface area (Å²) >= 11 is 0. The van der Waals surface area contributed by atoms with Crippen LogP contribution in [0.3, 0.4) is 0 Å². The Hall–Kier alpha value is -1.36. The van der Waals surface area contributed by atoms with Crippen molar-refractivity contribution < 1.29 is 13.2 Å². The normalized spacial score (nSPS) is 12.7. The molecular formula is C16H27IN4O3S. The molecule has 7 nitrogen and oxygen atoms in total. The molecule has 25 heavy (non-hydrogen) atoms. The quantitative estimate of drug-likeness (QED) is 0.313. The van der Waals surface area contributed by atoms with Gasteiger partial charge in [-0.1, -0.05) is 12.1 Å². The Labute approximate surface area is 167 Å². The summed E-state index contributed by atoms with van der Waals surface area (Å²) in [6, 6.07) is 7.50. The second-order valence-corrected chi connectivity index (χ2v) is 8.03. The summed E-state index contributed by atoms with van der Waals surface area (Å²) in [7, 11) is -1.31. The summed E-state index contributed by atoms with van der Waals surface area (Å²) in [6.45, 7) is 3.91. The van der Waals surface area contributed by atoms with Crippen molar-refractivity contribution in [2.24, 2.45) is 4.99 Å². The van der Waals surface area contributed by atoms with Crippen LogP contribution in [-0.4, -0.2) is 45.4 Å². The van der Waals surface area contributed by atoms with E-state index < -0.39 is 9.84 Å². The van der Waals surface area contributed by atoms with Crippen LogP contribution in [0.1, 0.15) is 25.8 Å². The molecule has 9 heteroatoms. The molecule has 0 aliphatic heterocycles. The summed E-state index contributed by atoms with van der Waals surface area (Å²) in [5, 5.41) is 9.07. The third-order valence-electron chi connectivity index (χ3n) is 3.24. The highest BCUT2D eigenvalue weighted by atomic mass is 127. The van der Waals surface area contributed by atoms with Crippen molar-refractivity contribution in [3.05, 3.63) is 29.8 Å². The summed E-state index contributed by atoms with van der Waals surface area (Å²) < 4.78 is 22.4. The Morgan fingerprint density at radius 1 is 1.32 bits per heavy atom. The first-order chi connectivity index (χ1) is 11.2. The molecule has 0 radical (unpaired) electrons. The highest BCUT2D eigenvalue weighted by molar-refractivity contribution is 14.0. The second kappa shape index (κ2) is 11.3. The van der Waals surface area contributed by atoms with Crippen LogP contribution in [0.25, 0.3) is 0 Å². The standard InChI is InChI=1S/C16H26N4O3S.HI/c1-12(8-9-24(4,22)23)19-16(17-3)18-11-14-6-5-7-15(10-14)20-13(2)21;/h5-7,10,12H,8-9,11H2,1-4H3,(H,20,21)(H2,17,18,19);1H. The van der Waals surface area contributed by atoms with E-state index in [9.17, 15) is 13.2 Å². The number of carbonyl (C=O) groups is 1. The molecule has 1 rings (SSSR count). The molecule has 1 amide bonds. The predicted molar refractivity (Wildman–Crippen MR) is 113 cm³/mol. The lowest BCUT2D eigenvalue weighted by Crippen LogP contribution is -2.42. The largest absolute Gasteiger partial charge is 0.354 e. The van der Waals surface area contributed by atoms with Crippen LogP contribution in [0, 0.1) is 0 Å². The minimum absolute atomic E-state index is 0. The van der Waals surface area contributed by atoms with Gasteiger partial charge in [-0.05, 0) is 31.0 Å². The van der Waals surface area contributed by atoms with Gasteiger partial charge in [-0.15, -0.1) is 24.0 Å². The predicted octanol–water partition coefficient (Wildman–Crippen LogP) is 1.75. The molecular weight excluding hydrogens is 455 g/mol. The number of nitrogens with one attached hydrogen (secondary N) is 3. The van der Waals surface area contributed by atoms with E-state index in [-0.39, 0.29) is 41.7 Å². The molecule has 0 aromatic heterocycles. The van der Waals surface area contributed by atoms with Gasteiger partial charge in [0.15, 0.2) is 5.96 Å². The van der Waals surface area contributed by atoms with Crippen molar-refractivity contribution >= 4 is 51.4 Å². The number of guanidine groups is 1. The maximum atomic E-state index is 11.2. The smallest absolute Gasteiger partial charge is 0.221 e. The Bertz CT molecular complexity index is 692. The third-order valence-corrected chi connectivity index (χ3v) is 4.21. The fourth-order valence-corrected chi connectivity index (χ4v) is 2.82. The van der Waals surface area contributed by atoms with Crippen molar-refractivity contribution in [1.82, 2.24) is 10.6 Å². The number of anilines is 1. The highest BCUT2D eigenvalue weighted by Crippen LogP contribution is 2.10.